The van der Waals surface area contributed by atoms with Crippen molar-refractivity contribution in [2.75, 3.05) is 13.7 Å². The van der Waals surface area contributed by atoms with Crippen LogP contribution in [-0.4, -0.2) is 45.9 Å². The largest absolute Gasteiger partial charge is 0.471 e. The van der Waals surface area contributed by atoms with Crippen LogP contribution in [-0.2, 0) is 34.6 Å². The Kier molecular flexibility index (Phi) is 8.01. The first-order chi connectivity index (χ1) is 13.6. The van der Waals surface area contributed by atoms with Crippen molar-refractivity contribution in [2.24, 2.45) is 7.05 Å². The van der Waals surface area contributed by atoms with E-state index >= 15 is 0 Å². The van der Waals surface area contributed by atoms with Crippen molar-refractivity contribution in [3.8, 4) is 0 Å². The molecule has 1 unspecified atom stereocenters. The molecule has 3 heterocycles. The van der Waals surface area contributed by atoms with Crippen LogP contribution < -0.4 is 0 Å². The lowest BCUT2D eigenvalue weighted by Gasteiger charge is -2.22. The highest BCUT2D eigenvalue weighted by atomic mass is 16.7. The number of ether oxygens (including phenoxy) is 1. The van der Waals surface area contributed by atoms with E-state index in [0.717, 1.165) is 16.8 Å². The van der Waals surface area contributed by atoms with E-state index in [9.17, 15) is 4.79 Å². The number of methoxy groups -OCH3 is 1. The zero-order valence-corrected chi connectivity index (χ0v) is 16.9. The van der Waals surface area contributed by atoms with Crippen molar-refractivity contribution in [1.29, 1.82) is 0 Å². The molecule has 1 saturated heterocycles. The molecule has 1 atom stereocenters. The minimum atomic E-state index is -0.0628. The fraction of sp³-hybridized carbons (Fsp3) is 0.450. The molecule has 2 bridgehead atoms. The molecule has 4 rings (SSSR count). The van der Waals surface area contributed by atoms with Gasteiger partial charge in [-0.25, -0.2) is 4.79 Å². The summed E-state index contributed by atoms with van der Waals surface area (Å²) < 4.78 is 5.70. The summed E-state index contributed by atoms with van der Waals surface area (Å²) in [6.07, 6.45) is 3.09. The average Bonchev–Trinajstić information content (AvgIpc) is 3.21. The van der Waals surface area contributed by atoms with Gasteiger partial charge in [0.05, 0.1) is 32.1 Å². The van der Waals surface area contributed by atoms with Crippen LogP contribution in [0, 0.1) is 0 Å². The summed E-state index contributed by atoms with van der Waals surface area (Å²) >= 11 is 0. The molecule has 2 aliphatic rings. The first kappa shape index (κ1) is 21.4. The van der Waals surface area contributed by atoms with E-state index in [-0.39, 0.29) is 12.1 Å². The summed E-state index contributed by atoms with van der Waals surface area (Å²) in [5.41, 5.74) is 3.23. The summed E-state index contributed by atoms with van der Waals surface area (Å²) in [6, 6.07) is 9.75. The second-order valence-electron chi connectivity index (χ2n) is 6.47. The number of hydroxylamine groups is 2. The van der Waals surface area contributed by atoms with Gasteiger partial charge in [-0.2, -0.15) is 10.2 Å². The van der Waals surface area contributed by atoms with E-state index in [1.165, 1.54) is 18.6 Å². The van der Waals surface area contributed by atoms with Gasteiger partial charge >= 0.3 is 6.03 Å². The molecule has 2 amide bonds. The lowest BCUT2D eigenvalue weighted by molar-refractivity contribution is -0.141. The maximum Gasteiger partial charge on any atom is 0.345 e. The number of carbonyl (C=O) groups excluding carboxylic acids is 2. The van der Waals surface area contributed by atoms with Gasteiger partial charge < -0.3 is 9.64 Å². The Labute approximate surface area is 165 Å². The van der Waals surface area contributed by atoms with E-state index in [4.69, 9.17) is 9.63 Å². The number of benzene rings is 1. The molecular formula is C20H28N4O4. The van der Waals surface area contributed by atoms with Gasteiger partial charge in [0.2, 0.25) is 0 Å². The zero-order chi connectivity index (χ0) is 20.5. The number of hydrogen-bond acceptors (Lipinski definition) is 5. The fourth-order valence-electron chi connectivity index (χ4n) is 2.99. The number of aryl methyl sites for hydroxylation is 1. The van der Waals surface area contributed by atoms with Gasteiger partial charge in [0.15, 0.2) is 0 Å². The average molecular weight is 388 g/mol. The molecule has 1 aromatic heterocycles. The Morgan fingerprint density at radius 1 is 1.25 bits per heavy atom. The molecule has 28 heavy (non-hydrogen) atoms. The van der Waals surface area contributed by atoms with E-state index < -0.39 is 0 Å². The number of carbonyl (C=O) groups is 2. The lowest BCUT2D eigenvalue weighted by atomic mass is 10.1. The minimum Gasteiger partial charge on any atom is -0.471 e. The van der Waals surface area contributed by atoms with Gasteiger partial charge in [-0.1, -0.05) is 50.6 Å². The molecule has 152 valence electrons. The SMILES string of the molecule is CCC.COC=O.Cn1ncc2c1CN1CC2N(OCc2ccccc2)C1=O. The molecule has 1 fully saturated rings. The van der Waals surface area contributed by atoms with Gasteiger partial charge in [-0.05, 0) is 5.56 Å². The maximum absolute atomic E-state index is 12.4. The van der Waals surface area contributed by atoms with Crippen LogP contribution in [0.1, 0.15) is 43.1 Å². The number of aromatic nitrogens is 2. The van der Waals surface area contributed by atoms with E-state index in [2.05, 4.69) is 23.7 Å². The number of nitrogens with zero attached hydrogens (tertiary/aromatic N) is 4. The third-order valence-corrected chi connectivity index (χ3v) is 4.24. The van der Waals surface area contributed by atoms with Gasteiger partial charge in [-0.15, -0.1) is 0 Å². The maximum atomic E-state index is 12.4. The van der Waals surface area contributed by atoms with Crippen molar-refractivity contribution in [1.82, 2.24) is 19.7 Å². The summed E-state index contributed by atoms with van der Waals surface area (Å²) in [5.74, 6) is 0. The fourth-order valence-corrected chi connectivity index (χ4v) is 2.99. The van der Waals surface area contributed by atoms with Crippen LogP contribution in [0.2, 0.25) is 0 Å². The molecule has 0 aliphatic carbocycles. The van der Waals surface area contributed by atoms with Crippen LogP contribution in [0.15, 0.2) is 36.5 Å². The number of hydrogen-bond donors (Lipinski definition) is 0. The standard InChI is InChI=1S/C15H16N4O2.C3H8.C2H4O2/c1-17-13-8-18-9-14(12(13)7-16-17)19(15(18)20)21-10-11-5-3-2-4-6-11;1-3-2;1-4-2-3/h2-7,14H,8-10H2,1H3;3H2,1-2H3;2H,1H3. The Hall–Kier alpha value is -2.87. The zero-order valence-electron chi connectivity index (χ0n) is 16.9. The van der Waals surface area contributed by atoms with Crippen molar-refractivity contribution in [2.45, 2.75) is 39.5 Å². The normalized spacial score (nSPS) is 16.4. The van der Waals surface area contributed by atoms with Crippen LogP contribution in [0.3, 0.4) is 0 Å². The van der Waals surface area contributed by atoms with Crippen molar-refractivity contribution >= 4 is 12.5 Å². The molecule has 0 N–H and O–H groups in total. The van der Waals surface area contributed by atoms with Gasteiger partial charge in [-0.3, -0.25) is 14.3 Å². The minimum absolute atomic E-state index is 0.0568. The summed E-state index contributed by atoms with van der Waals surface area (Å²) in [5, 5.41) is 5.79. The van der Waals surface area contributed by atoms with Crippen LogP contribution in [0.5, 0.6) is 0 Å². The highest BCUT2D eigenvalue weighted by molar-refractivity contribution is 5.77. The summed E-state index contributed by atoms with van der Waals surface area (Å²) in [4.78, 5) is 28.9. The Bertz CT molecular complexity index is 763. The van der Waals surface area contributed by atoms with Crippen molar-refractivity contribution in [3.05, 3.63) is 53.3 Å². The number of fused-ring (bicyclic) bond motifs is 4. The Morgan fingerprint density at radius 2 is 1.89 bits per heavy atom. The molecule has 8 heteroatoms. The second-order valence-corrected chi connectivity index (χ2v) is 6.47. The third kappa shape index (κ3) is 4.89. The first-order valence-electron chi connectivity index (χ1n) is 9.29. The molecule has 2 aliphatic heterocycles. The third-order valence-electron chi connectivity index (χ3n) is 4.24. The highest BCUT2D eigenvalue weighted by Gasteiger charge is 2.45. The molecule has 0 spiro atoms. The number of amides is 2. The first-order valence-corrected chi connectivity index (χ1v) is 9.29. The summed E-state index contributed by atoms with van der Waals surface area (Å²) in [7, 11) is 3.22. The number of urea groups is 1. The van der Waals surface area contributed by atoms with Crippen LogP contribution in [0.25, 0.3) is 0 Å². The van der Waals surface area contributed by atoms with Crippen molar-refractivity contribution < 1.29 is 19.2 Å². The van der Waals surface area contributed by atoms with Crippen LogP contribution in [0.4, 0.5) is 4.79 Å². The van der Waals surface area contributed by atoms with Crippen molar-refractivity contribution in [3.63, 3.8) is 0 Å². The molecule has 1 aromatic carbocycles. The monoisotopic (exact) mass is 388 g/mol. The topological polar surface area (TPSA) is 76.9 Å². The number of rotatable bonds is 4. The molecule has 0 radical (unpaired) electrons. The molecule has 8 nitrogen and oxygen atoms in total. The van der Waals surface area contributed by atoms with Crippen LogP contribution >= 0.6 is 0 Å². The molecular weight excluding hydrogens is 360 g/mol. The molecule has 2 aromatic rings. The predicted octanol–water partition coefficient (Wildman–Crippen LogP) is 3.05. The smallest absolute Gasteiger partial charge is 0.345 e. The van der Waals surface area contributed by atoms with Gasteiger partial charge in [0.25, 0.3) is 6.47 Å². The highest BCUT2D eigenvalue weighted by Crippen LogP contribution is 2.37. The van der Waals surface area contributed by atoms with Gasteiger partial charge in [0, 0.05) is 12.6 Å². The summed E-state index contributed by atoms with van der Waals surface area (Å²) in [6.45, 7) is 6.30. The quantitative estimate of drug-likeness (QED) is 0.753. The van der Waals surface area contributed by atoms with E-state index in [1.54, 1.807) is 4.90 Å². The van der Waals surface area contributed by atoms with E-state index in [0.29, 0.717) is 26.2 Å². The predicted molar refractivity (Wildman–Crippen MR) is 104 cm³/mol. The second kappa shape index (κ2) is 10.5. The Morgan fingerprint density at radius 3 is 2.50 bits per heavy atom. The molecule has 0 saturated carbocycles. The van der Waals surface area contributed by atoms with E-state index in [1.807, 2.05) is 48.3 Å². The van der Waals surface area contributed by atoms with Gasteiger partial charge in [0.1, 0.15) is 12.6 Å². The Balaban J connectivity index is 0.000000351. The lowest BCUT2D eigenvalue weighted by Crippen LogP contribution is -2.30.